The van der Waals surface area contributed by atoms with Crippen molar-refractivity contribution in [3.8, 4) is 0 Å². The lowest BCUT2D eigenvalue weighted by atomic mass is 10.0. The molecule has 0 amide bonds. The fraction of sp³-hybridized carbons (Fsp3) is 0. The predicted octanol–water partition coefficient (Wildman–Crippen LogP) is 5.55. The highest BCUT2D eigenvalue weighted by molar-refractivity contribution is 5.49. The fourth-order valence-corrected chi connectivity index (χ4v) is 1.02. The molecule has 0 rings (SSSR count). The lowest BCUT2D eigenvalue weighted by Crippen LogP contribution is -1.82. The summed E-state index contributed by atoms with van der Waals surface area (Å²) in [5, 5.41) is 0. The molecule has 0 radical (unpaired) electrons. The third-order valence-corrected chi connectivity index (χ3v) is 2.25. The topological polar surface area (TPSA) is 0 Å². The highest BCUT2D eigenvalue weighted by atomic mass is 19.1. The molecule has 98 valence electrons. The van der Waals surface area contributed by atoms with Crippen LogP contribution in [0.4, 0.5) is 4.39 Å². The Balaban J connectivity index is 4.69. The molecule has 0 aromatic heterocycles. The molecule has 0 saturated carbocycles. The smallest absolute Gasteiger partial charge is 0.123 e. The van der Waals surface area contributed by atoms with Crippen LogP contribution < -0.4 is 0 Å². The van der Waals surface area contributed by atoms with Crippen molar-refractivity contribution in [3.63, 3.8) is 0 Å². The zero-order chi connectivity index (χ0) is 14.8. The minimum Gasteiger partial charge on any atom is -0.207 e. The van der Waals surface area contributed by atoms with Crippen molar-refractivity contribution in [1.29, 1.82) is 0 Å². The van der Waals surface area contributed by atoms with E-state index in [2.05, 4.69) is 39.5 Å². The maximum atomic E-state index is 13.0. The van der Waals surface area contributed by atoms with Gasteiger partial charge >= 0.3 is 0 Å². The molecular formula is C18H19F. The van der Waals surface area contributed by atoms with E-state index in [-0.39, 0.29) is 0 Å². The van der Waals surface area contributed by atoms with E-state index < -0.39 is 5.83 Å². The van der Waals surface area contributed by atoms with Crippen LogP contribution in [0.25, 0.3) is 0 Å². The van der Waals surface area contributed by atoms with Gasteiger partial charge in [-0.25, -0.2) is 4.39 Å². The Bertz CT molecular complexity index is 508. The Kier molecular flexibility index (Phi) is 7.55. The van der Waals surface area contributed by atoms with E-state index >= 15 is 0 Å². The summed E-state index contributed by atoms with van der Waals surface area (Å²) in [6, 6.07) is 0. The van der Waals surface area contributed by atoms with Crippen LogP contribution in [-0.4, -0.2) is 0 Å². The van der Waals surface area contributed by atoms with Gasteiger partial charge in [-0.1, -0.05) is 69.9 Å². The molecule has 0 N–H and O–H groups in total. The summed E-state index contributed by atoms with van der Waals surface area (Å²) in [5.74, 6) is -0.447. The molecule has 1 heteroatoms. The zero-order valence-corrected chi connectivity index (χ0v) is 11.2. The first-order valence-corrected chi connectivity index (χ1v) is 5.65. The molecule has 0 fully saturated rings. The molecule has 19 heavy (non-hydrogen) atoms. The molecule has 0 aromatic carbocycles. The molecule has 0 aromatic rings. The van der Waals surface area contributed by atoms with E-state index in [1.807, 2.05) is 0 Å². The second kappa shape index (κ2) is 8.65. The normalized spacial score (nSPS) is 11.5. The number of allylic oxidation sites excluding steroid dienone is 12. The first-order valence-electron chi connectivity index (χ1n) is 5.65. The monoisotopic (exact) mass is 254 g/mol. The zero-order valence-electron chi connectivity index (χ0n) is 11.2. The molecule has 0 saturated heterocycles. The van der Waals surface area contributed by atoms with Crippen molar-refractivity contribution in [1.82, 2.24) is 0 Å². The summed E-state index contributed by atoms with van der Waals surface area (Å²) < 4.78 is 13.0. The van der Waals surface area contributed by atoms with Gasteiger partial charge in [-0.05, 0) is 34.4 Å². The average Bonchev–Trinajstić information content (AvgIpc) is 2.40. The van der Waals surface area contributed by atoms with E-state index in [1.165, 1.54) is 6.08 Å². The van der Waals surface area contributed by atoms with Gasteiger partial charge in [0.25, 0.3) is 0 Å². The Morgan fingerprint density at radius 2 is 1.21 bits per heavy atom. The van der Waals surface area contributed by atoms with Gasteiger partial charge in [0.15, 0.2) is 0 Å². The van der Waals surface area contributed by atoms with Crippen molar-refractivity contribution >= 4 is 0 Å². The molecule has 0 spiro atoms. The lowest BCUT2D eigenvalue weighted by molar-refractivity contribution is 0.667. The van der Waals surface area contributed by atoms with Gasteiger partial charge in [-0.15, -0.1) is 0 Å². The molecule has 0 bridgehead atoms. The summed E-state index contributed by atoms with van der Waals surface area (Å²) in [7, 11) is 0. The maximum absolute atomic E-state index is 13.0. The lowest BCUT2D eigenvalue weighted by Gasteiger charge is -2.01. The molecule has 0 nitrogen and oxygen atoms in total. The molecule has 0 aliphatic rings. The minimum absolute atomic E-state index is 0.447. The number of rotatable bonds is 8. The highest BCUT2D eigenvalue weighted by Gasteiger charge is 1.96. The second-order valence-corrected chi connectivity index (χ2v) is 3.76. The average molecular weight is 254 g/mol. The highest BCUT2D eigenvalue weighted by Crippen LogP contribution is 2.15. The third kappa shape index (κ3) is 6.79. The molecule has 0 heterocycles. The first kappa shape index (κ1) is 16.6. The van der Waals surface area contributed by atoms with E-state index in [1.54, 1.807) is 30.4 Å². The molecule has 0 unspecified atom stereocenters. The van der Waals surface area contributed by atoms with Gasteiger partial charge in [0.2, 0.25) is 0 Å². The molecular weight excluding hydrogens is 235 g/mol. The number of hydrogen-bond donors (Lipinski definition) is 0. The van der Waals surface area contributed by atoms with Gasteiger partial charge < -0.3 is 0 Å². The second-order valence-electron chi connectivity index (χ2n) is 3.76. The summed E-state index contributed by atoms with van der Waals surface area (Å²) >= 11 is 0. The van der Waals surface area contributed by atoms with Crippen LogP contribution in [0, 0.1) is 0 Å². The van der Waals surface area contributed by atoms with Gasteiger partial charge in [0.1, 0.15) is 5.83 Å². The van der Waals surface area contributed by atoms with Gasteiger partial charge in [0, 0.05) is 0 Å². The van der Waals surface area contributed by atoms with Crippen LogP contribution in [0.3, 0.4) is 0 Å². The Hall–Kier alpha value is -2.41. The summed E-state index contributed by atoms with van der Waals surface area (Å²) in [6.07, 6.45) is 11.1. The maximum Gasteiger partial charge on any atom is 0.123 e. The van der Waals surface area contributed by atoms with Gasteiger partial charge in [-0.2, -0.15) is 0 Å². The van der Waals surface area contributed by atoms with Crippen LogP contribution in [0.1, 0.15) is 0 Å². The van der Waals surface area contributed by atoms with Crippen LogP contribution >= 0.6 is 0 Å². The van der Waals surface area contributed by atoms with E-state index in [9.17, 15) is 4.39 Å². The van der Waals surface area contributed by atoms with E-state index in [0.717, 1.165) is 17.2 Å². The fourth-order valence-electron chi connectivity index (χ4n) is 1.02. The number of hydrogen-bond acceptors (Lipinski definition) is 0. The Morgan fingerprint density at radius 1 is 0.737 bits per heavy atom. The quantitative estimate of drug-likeness (QED) is 0.498. The Labute approximate surface area is 115 Å². The van der Waals surface area contributed by atoms with Gasteiger partial charge in [-0.3, -0.25) is 0 Å². The SMILES string of the molecule is C=C/C=C\C(=C)C(=C)/C=C\C(=C)C(=C)/C=C(/F)C=C. The minimum atomic E-state index is -0.447. The summed E-state index contributed by atoms with van der Waals surface area (Å²) in [6.45, 7) is 22.1. The van der Waals surface area contributed by atoms with Crippen molar-refractivity contribution in [3.05, 3.63) is 110 Å². The van der Waals surface area contributed by atoms with Crippen LogP contribution in [0.15, 0.2) is 110 Å². The van der Waals surface area contributed by atoms with E-state index in [4.69, 9.17) is 0 Å². The standard InChI is InChI=1S/C18H19F/c1-7-9-10-14(3)15(4)11-12-16(5)17(6)13-18(19)8-2/h7-13H,1-6H2/b10-9-,12-11-,18-13+. The van der Waals surface area contributed by atoms with Crippen LogP contribution in [0.5, 0.6) is 0 Å². The van der Waals surface area contributed by atoms with Crippen molar-refractivity contribution < 1.29 is 4.39 Å². The Morgan fingerprint density at radius 3 is 1.68 bits per heavy atom. The summed E-state index contributed by atoms with van der Waals surface area (Å²) in [5.41, 5.74) is 2.58. The summed E-state index contributed by atoms with van der Waals surface area (Å²) in [4.78, 5) is 0. The molecule has 0 aliphatic heterocycles. The van der Waals surface area contributed by atoms with Crippen LogP contribution in [0.2, 0.25) is 0 Å². The predicted molar refractivity (Wildman–Crippen MR) is 84.4 cm³/mol. The van der Waals surface area contributed by atoms with Crippen molar-refractivity contribution in [2.45, 2.75) is 0 Å². The molecule has 0 aliphatic carbocycles. The number of halogens is 1. The molecule has 0 atom stereocenters. The largest absolute Gasteiger partial charge is 0.207 e. The van der Waals surface area contributed by atoms with Crippen molar-refractivity contribution in [2.24, 2.45) is 0 Å². The van der Waals surface area contributed by atoms with Crippen LogP contribution in [-0.2, 0) is 0 Å². The first-order chi connectivity index (χ1) is 8.92. The van der Waals surface area contributed by atoms with Crippen molar-refractivity contribution in [2.75, 3.05) is 0 Å². The van der Waals surface area contributed by atoms with Gasteiger partial charge in [0.05, 0.1) is 0 Å². The van der Waals surface area contributed by atoms with E-state index in [0.29, 0.717) is 11.1 Å². The third-order valence-electron chi connectivity index (χ3n) is 2.25.